The normalized spacial score (nSPS) is 22.2. The number of rotatable bonds is 3. The molecule has 0 aliphatic heterocycles. The zero-order chi connectivity index (χ0) is 10.3. The maximum absolute atomic E-state index is 11.4. The van der Waals surface area contributed by atoms with Gasteiger partial charge in [-0.05, 0) is 33.6 Å². The number of hydrogen-bond donors (Lipinski definition) is 3. The van der Waals surface area contributed by atoms with Gasteiger partial charge in [0.2, 0.25) is 5.91 Å². The van der Waals surface area contributed by atoms with Gasteiger partial charge in [-0.15, -0.1) is 0 Å². The van der Waals surface area contributed by atoms with Crippen LogP contribution in [0.15, 0.2) is 0 Å². The minimum Gasteiger partial charge on any atom is -0.388 e. The number of carbonyl (C=O) groups excluding carboxylic acids is 1. The standard InChI is InChI=1S/C9H18N2O2/c1-6(8(2,3)13)11-7(12)9(10)4-5-9/h6,13H,4-5,10H2,1-3H3,(H,11,12). The SMILES string of the molecule is CC(NC(=O)C1(N)CC1)C(C)(C)O. The smallest absolute Gasteiger partial charge is 0.240 e. The molecule has 0 aromatic heterocycles. The van der Waals surface area contributed by atoms with Crippen molar-refractivity contribution < 1.29 is 9.90 Å². The number of nitrogens with one attached hydrogen (secondary N) is 1. The van der Waals surface area contributed by atoms with Crippen LogP contribution in [-0.2, 0) is 4.79 Å². The van der Waals surface area contributed by atoms with Crippen molar-refractivity contribution in [1.29, 1.82) is 0 Å². The lowest BCUT2D eigenvalue weighted by Crippen LogP contribution is -2.53. The molecule has 1 fully saturated rings. The molecule has 0 bridgehead atoms. The average molecular weight is 186 g/mol. The van der Waals surface area contributed by atoms with E-state index in [0.717, 1.165) is 12.8 Å². The highest BCUT2D eigenvalue weighted by molar-refractivity contribution is 5.89. The Kier molecular flexibility index (Phi) is 2.38. The summed E-state index contributed by atoms with van der Waals surface area (Å²) in [7, 11) is 0. The van der Waals surface area contributed by atoms with Crippen LogP contribution < -0.4 is 11.1 Å². The molecule has 0 aromatic rings. The summed E-state index contributed by atoms with van der Waals surface area (Å²) in [5.41, 5.74) is 4.13. The molecule has 13 heavy (non-hydrogen) atoms. The number of amides is 1. The van der Waals surface area contributed by atoms with Crippen LogP contribution in [0.25, 0.3) is 0 Å². The first-order valence-electron chi connectivity index (χ1n) is 4.58. The van der Waals surface area contributed by atoms with E-state index in [1.165, 1.54) is 0 Å². The summed E-state index contributed by atoms with van der Waals surface area (Å²) in [5.74, 6) is -0.151. The Morgan fingerprint density at radius 1 is 1.62 bits per heavy atom. The second-order valence-corrected chi connectivity index (χ2v) is 4.50. The maximum Gasteiger partial charge on any atom is 0.240 e. The molecule has 1 unspecified atom stereocenters. The summed E-state index contributed by atoms with van der Waals surface area (Å²) in [6, 6.07) is -0.277. The molecule has 76 valence electrons. The lowest BCUT2D eigenvalue weighted by atomic mass is 10.0. The molecule has 4 nitrogen and oxygen atoms in total. The molecular weight excluding hydrogens is 168 g/mol. The average Bonchev–Trinajstić information content (AvgIpc) is 2.67. The zero-order valence-corrected chi connectivity index (χ0v) is 8.42. The van der Waals surface area contributed by atoms with Crippen molar-refractivity contribution in [3.63, 3.8) is 0 Å². The van der Waals surface area contributed by atoms with Gasteiger partial charge in [-0.3, -0.25) is 4.79 Å². The number of nitrogens with two attached hydrogens (primary N) is 1. The summed E-state index contributed by atoms with van der Waals surface area (Å²) in [6.45, 7) is 5.09. The lowest BCUT2D eigenvalue weighted by molar-refractivity contribution is -0.125. The molecule has 1 aliphatic rings. The third kappa shape index (κ3) is 2.42. The third-order valence-electron chi connectivity index (χ3n) is 2.65. The van der Waals surface area contributed by atoms with Gasteiger partial charge >= 0.3 is 0 Å². The van der Waals surface area contributed by atoms with Gasteiger partial charge in [0.05, 0.1) is 17.2 Å². The topological polar surface area (TPSA) is 75.4 Å². The molecule has 0 heterocycles. The monoisotopic (exact) mass is 186 g/mol. The van der Waals surface area contributed by atoms with Crippen LogP contribution in [0.2, 0.25) is 0 Å². The molecule has 4 heteroatoms. The number of hydrogen-bond acceptors (Lipinski definition) is 3. The summed E-state index contributed by atoms with van der Waals surface area (Å²) >= 11 is 0. The van der Waals surface area contributed by atoms with Gasteiger partial charge in [0, 0.05) is 0 Å². The van der Waals surface area contributed by atoms with Gasteiger partial charge in [-0.2, -0.15) is 0 Å². The Morgan fingerprint density at radius 3 is 2.38 bits per heavy atom. The highest BCUT2D eigenvalue weighted by Gasteiger charge is 2.46. The van der Waals surface area contributed by atoms with Crippen LogP contribution in [0.5, 0.6) is 0 Å². The quantitative estimate of drug-likeness (QED) is 0.569. The Bertz CT molecular complexity index is 216. The van der Waals surface area contributed by atoms with E-state index in [2.05, 4.69) is 5.32 Å². The first-order chi connectivity index (χ1) is 5.76. The van der Waals surface area contributed by atoms with Crippen LogP contribution in [0.3, 0.4) is 0 Å². The van der Waals surface area contributed by atoms with Crippen molar-refractivity contribution in [2.75, 3.05) is 0 Å². The lowest BCUT2D eigenvalue weighted by Gasteiger charge is -2.27. The minimum absolute atomic E-state index is 0.151. The van der Waals surface area contributed by atoms with E-state index in [-0.39, 0.29) is 11.9 Å². The van der Waals surface area contributed by atoms with Crippen LogP contribution in [0.4, 0.5) is 0 Å². The Hall–Kier alpha value is -0.610. The number of aliphatic hydroxyl groups is 1. The van der Waals surface area contributed by atoms with Crippen LogP contribution in [0.1, 0.15) is 33.6 Å². The maximum atomic E-state index is 11.4. The minimum atomic E-state index is -0.902. The van der Waals surface area contributed by atoms with E-state index in [1.807, 2.05) is 0 Å². The molecule has 1 aliphatic carbocycles. The fraction of sp³-hybridized carbons (Fsp3) is 0.889. The largest absolute Gasteiger partial charge is 0.388 e. The molecule has 4 N–H and O–H groups in total. The second kappa shape index (κ2) is 2.96. The Balaban J connectivity index is 2.45. The highest BCUT2D eigenvalue weighted by atomic mass is 16.3. The van der Waals surface area contributed by atoms with Gasteiger partial charge in [-0.1, -0.05) is 0 Å². The van der Waals surface area contributed by atoms with E-state index < -0.39 is 11.1 Å². The molecule has 0 radical (unpaired) electrons. The predicted octanol–water partition coefficient (Wildman–Crippen LogP) is -0.247. The van der Waals surface area contributed by atoms with Crippen molar-refractivity contribution in [3.8, 4) is 0 Å². The van der Waals surface area contributed by atoms with E-state index in [9.17, 15) is 9.90 Å². The molecule has 0 saturated heterocycles. The molecule has 0 spiro atoms. The predicted molar refractivity (Wildman–Crippen MR) is 50.1 cm³/mol. The van der Waals surface area contributed by atoms with E-state index in [1.54, 1.807) is 20.8 Å². The summed E-state index contributed by atoms with van der Waals surface area (Å²) in [4.78, 5) is 11.4. The van der Waals surface area contributed by atoms with Gasteiger partial charge in [-0.25, -0.2) is 0 Å². The van der Waals surface area contributed by atoms with Crippen LogP contribution >= 0.6 is 0 Å². The fourth-order valence-corrected chi connectivity index (χ4v) is 0.879. The van der Waals surface area contributed by atoms with Crippen molar-refractivity contribution in [2.24, 2.45) is 5.73 Å². The van der Waals surface area contributed by atoms with E-state index in [4.69, 9.17) is 5.73 Å². The highest BCUT2D eigenvalue weighted by Crippen LogP contribution is 2.32. The summed E-state index contributed by atoms with van der Waals surface area (Å²) in [6.07, 6.45) is 1.49. The van der Waals surface area contributed by atoms with Crippen molar-refractivity contribution in [1.82, 2.24) is 5.32 Å². The van der Waals surface area contributed by atoms with Gasteiger partial charge in [0.1, 0.15) is 0 Å². The molecule has 1 rings (SSSR count). The third-order valence-corrected chi connectivity index (χ3v) is 2.65. The van der Waals surface area contributed by atoms with Gasteiger partial charge < -0.3 is 16.2 Å². The van der Waals surface area contributed by atoms with E-state index >= 15 is 0 Å². The van der Waals surface area contributed by atoms with Gasteiger partial charge in [0.15, 0.2) is 0 Å². The zero-order valence-electron chi connectivity index (χ0n) is 8.42. The van der Waals surface area contributed by atoms with Crippen molar-refractivity contribution in [3.05, 3.63) is 0 Å². The van der Waals surface area contributed by atoms with Crippen molar-refractivity contribution in [2.45, 2.75) is 50.8 Å². The second-order valence-electron chi connectivity index (χ2n) is 4.50. The molecule has 1 saturated carbocycles. The Morgan fingerprint density at radius 2 is 2.08 bits per heavy atom. The first-order valence-corrected chi connectivity index (χ1v) is 4.58. The molecule has 1 atom stereocenters. The van der Waals surface area contributed by atoms with E-state index in [0.29, 0.717) is 0 Å². The van der Waals surface area contributed by atoms with Crippen molar-refractivity contribution >= 4 is 5.91 Å². The first kappa shape index (κ1) is 10.5. The number of carbonyl (C=O) groups is 1. The molecule has 1 amide bonds. The fourth-order valence-electron chi connectivity index (χ4n) is 0.879. The summed E-state index contributed by atoms with van der Waals surface area (Å²) in [5, 5.41) is 12.3. The van der Waals surface area contributed by atoms with Gasteiger partial charge in [0.25, 0.3) is 0 Å². The molecular formula is C9H18N2O2. The summed E-state index contributed by atoms with van der Waals surface area (Å²) < 4.78 is 0. The van der Waals surface area contributed by atoms with Crippen LogP contribution in [0, 0.1) is 0 Å². The Labute approximate surface area is 78.5 Å². The van der Waals surface area contributed by atoms with Crippen LogP contribution in [-0.4, -0.2) is 28.2 Å². The molecule has 0 aromatic carbocycles.